The second kappa shape index (κ2) is 11.6. The fraction of sp³-hybridized carbons (Fsp3) is 0.519. The largest absolute Gasteiger partial charge is 0.481 e. The van der Waals surface area contributed by atoms with Crippen molar-refractivity contribution in [2.75, 3.05) is 13.2 Å². The lowest BCUT2D eigenvalue weighted by molar-refractivity contribution is -0.168. The van der Waals surface area contributed by atoms with Crippen molar-refractivity contribution in [3.05, 3.63) is 69.7 Å². The van der Waals surface area contributed by atoms with Crippen molar-refractivity contribution in [1.29, 1.82) is 0 Å². The molecule has 1 saturated heterocycles. The summed E-state index contributed by atoms with van der Waals surface area (Å²) in [6.07, 6.45) is 6.70. The average molecular weight is 517 g/mol. The Kier molecular flexibility index (Phi) is 8.58. The third kappa shape index (κ3) is 7.38. The van der Waals surface area contributed by atoms with E-state index >= 15 is 0 Å². The summed E-state index contributed by atoms with van der Waals surface area (Å²) in [5.74, 6) is -0.745. The molecule has 1 unspecified atom stereocenters. The van der Waals surface area contributed by atoms with Crippen LogP contribution in [-0.4, -0.2) is 30.6 Å². The Morgan fingerprint density at radius 3 is 2.76 bits per heavy atom. The molecule has 1 N–H and O–H groups in total. The molecule has 2 atom stereocenters. The first-order valence-electron chi connectivity index (χ1n) is 11.9. The molecule has 33 heavy (non-hydrogen) atoms. The van der Waals surface area contributed by atoms with Crippen LogP contribution in [-0.2, 0) is 32.0 Å². The number of benzene rings is 2. The van der Waals surface area contributed by atoms with Crippen LogP contribution in [0.1, 0.15) is 67.7 Å². The van der Waals surface area contributed by atoms with Gasteiger partial charge in [-0.1, -0.05) is 58.4 Å². The van der Waals surface area contributed by atoms with Gasteiger partial charge in [-0.2, -0.15) is 0 Å². The van der Waals surface area contributed by atoms with Gasteiger partial charge in [-0.05, 0) is 67.7 Å². The molecule has 5 nitrogen and oxygen atoms in total. The Morgan fingerprint density at radius 1 is 1.18 bits per heavy atom. The van der Waals surface area contributed by atoms with Gasteiger partial charge in [-0.15, -0.1) is 0 Å². The van der Waals surface area contributed by atoms with Crippen LogP contribution in [0, 0.1) is 5.41 Å². The molecule has 2 aromatic carbocycles. The van der Waals surface area contributed by atoms with Crippen molar-refractivity contribution in [3.8, 4) is 0 Å². The van der Waals surface area contributed by atoms with Gasteiger partial charge in [-0.3, -0.25) is 4.79 Å². The minimum absolute atomic E-state index is 0.103. The summed E-state index contributed by atoms with van der Waals surface area (Å²) in [4.78, 5) is 11.3. The molecular formula is C27H33BrO5. The smallest absolute Gasteiger partial charge is 0.303 e. The highest BCUT2D eigenvalue weighted by Gasteiger charge is 2.45. The van der Waals surface area contributed by atoms with Crippen molar-refractivity contribution >= 4 is 21.9 Å². The van der Waals surface area contributed by atoms with Gasteiger partial charge in [0.15, 0.2) is 6.29 Å². The summed E-state index contributed by atoms with van der Waals surface area (Å²) in [7, 11) is 0. The minimum Gasteiger partial charge on any atom is -0.481 e. The van der Waals surface area contributed by atoms with Crippen LogP contribution in [0.15, 0.2) is 53.0 Å². The molecule has 2 aromatic rings. The molecule has 0 aromatic heterocycles. The van der Waals surface area contributed by atoms with E-state index in [1.165, 1.54) is 5.56 Å². The summed E-state index contributed by atoms with van der Waals surface area (Å²) in [5, 5.41) is 9.27. The van der Waals surface area contributed by atoms with E-state index in [0.717, 1.165) is 67.2 Å². The Balaban J connectivity index is 1.43. The zero-order valence-corrected chi connectivity index (χ0v) is 20.6. The zero-order valence-electron chi connectivity index (χ0n) is 19.0. The number of hydrogen-bond acceptors (Lipinski definition) is 4. The van der Waals surface area contributed by atoms with E-state index in [9.17, 15) is 9.90 Å². The number of halogens is 1. The van der Waals surface area contributed by atoms with Crippen LogP contribution in [0.3, 0.4) is 0 Å². The van der Waals surface area contributed by atoms with Crippen molar-refractivity contribution in [3.63, 3.8) is 0 Å². The summed E-state index contributed by atoms with van der Waals surface area (Å²) in [6, 6.07) is 16.6. The predicted octanol–water partition coefficient (Wildman–Crippen LogP) is 6.44. The van der Waals surface area contributed by atoms with Gasteiger partial charge in [0.1, 0.15) is 0 Å². The third-order valence-electron chi connectivity index (χ3n) is 6.60. The molecule has 2 fully saturated rings. The van der Waals surface area contributed by atoms with Gasteiger partial charge in [0.2, 0.25) is 0 Å². The summed E-state index contributed by atoms with van der Waals surface area (Å²) in [5.41, 5.74) is 3.25. The number of aryl methyl sites for hydroxylation is 1. The molecule has 0 spiro atoms. The van der Waals surface area contributed by atoms with Crippen LogP contribution in [0.25, 0.3) is 0 Å². The van der Waals surface area contributed by atoms with Crippen LogP contribution in [0.5, 0.6) is 0 Å². The maximum Gasteiger partial charge on any atom is 0.303 e. The summed E-state index contributed by atoms with van der Waals surface area (Å²) < 4.78 is 19.2. The average Bonchev–Trinajstić information content (AvgIpc) is 3.58. The van der Waals surface area contributed by atoms with E-state index in [0.29, 0.717) is 13.2 Å². The monoisotopic (exact) mass is 516 g/mol. The quantitative estimate of drug-likeness (QED) is 0.351. The molecule has 0 bridgehead atoms. The Bertz CT molecular complexity index is 920. The van der Waals surface area contributed by atoms with Crippen molar-refractivity contribution in [2.24, 2.45) is 5.41 Å². The molecule has 1 aliphatic carbocycles. The molecule has 2 aliphatic rings. The normalized spacial score (nSPS) is 20.3. The van der Waals surface area contributed by atoms with Crippen LogP contribution in [0.2, 0.25) is 0 Å². The molecular weight excluding hydrogens is 484 g/mol. The van der Waals surface area contributed by atoms with E-state index in [1.807, 2.05) is 12.1 Å². The molecule has 178 valence electrons. The highest BCUT2D eigenvalue weighted by atomic mass is 79.9. The van der Waals surface area contributed by atoms with Gasteiger partial charge >= 0.3 is 5.97 Å². The van der Waals surface area contributed by atoms with Gasteiger partial charge in [0.05, 0.1) is 25.7 Å². The SMILES string of the molecule is O=C(O)CC1(CO[C@H](CCc2ccccc2Br)c2cccc(COC3CCCCO3)c2)CC1. The first-order chi connectivity index (χ1) is 16.0. The zero-order chi connectivity index (χ0) is 23.1. The van der Waals surface area contributed by atoms with Crippen molar-refractivity contribution in [1.82, 2.24) is 0 Å². The van der Waals surface area contributed by atoms with Gasteiger partial charge in [0.25, 0.3) is 0 Å². The lowest BCUT2D eigenvalue weighted by Gasteiger charge is -2.24. The maximum absolute atomic E-state index is 11.3. The predicted molar refractivity (Wildman–Crippen MR) is 130 cm³/mol. The number of carbonyl (C=O) groups is 1. The fourth-order valence-electron chi connectivity index (χ4n) is 4.40. The first kappa shape index (κ1) is 24.4. The number of carboxylic acid groups (broad SMARTS) is 1. The van der Waals surface area contributed by atoms with E-state index < -0.39 is 5.97 Å². The van der Waals surface area contributed by atoms with Crippen molar-refractivity contribution in [2.45, 2.75) is 70.4 Å². The van der Waals surface area contributed by atoms with E-state index in [2.05, 4.69) is 52.3 Å². The first-order valence-corrected chi connectivity index (χ1v) is 12.7. The van der Waals surface area contributed by atoms with E-state index in [-0.39, 0.29) is 24.2 Å². The summed E-state index contributed by atoms with van der Waals surface area (Å²) >= 11 is 3.65. The molecule has 6 heteroatoms. The van der Waals surface area contributed by atoms with Gasteiger partial charge < -0.3 is 19.3 Å². The van der Waals surface area contributed by atoms with Crippen LogP contribution < -0.4 is 0 Å². The molecule has 1 aliphatic heterocycles. The van der Waals surface area contributed by atoms with Gasteiger partial charge in [0, 0.05) is 16.5 Å². The molecule has 1 heterocycles. The Labute approximate surface area is 204 Å². The highest BCUT2D eigenvalue weighted by molar-refractivity contribution is 9.10. The van der Waals surface area contributed by atoms with Gasteiger partial charge in [-0.25, -0.2) is 0 Å². The topological polar surface area (TPSA) is 65.0 Å². The number of aliphatic carboxylic acids is 1. The fourth-order valence-corrected chi connectivity index (χ4v) is 4.88. The molecule has 4 rings (SSSR count). The minimum atomic E-state index is -0.745. The highest BCUT2D eigenvalue weighted by Crippen LogP contribution is 2.49. The second-order valence-corrected chi connectivity index (χ2v) is 10.2. The molecule has 1 saturated carbocycles. The summed E-state index contributed by atoms with van der Waals surface area (Å²) in [6.45, 7) is 1.77. The number of rotatable bonds is 12. The molecule has 0 radical (unpaired) electrons. The second-order valence-electron chi connectivity index (χ2n) is 9.35. The number of hydrogen-bond donors (Lipinski definition) is 1. The third-order valence-corrected chi connectivity index (χ3v) is 7.38. The van der Waals surface area contributed by atoms with Crippen LogP contribution in [0.4, 0.5) is 0 Å². The number of ether oxygens (including phenoxy) is 3. The van der Waals surface area contributed by atoms with E-state index in [4.69, 9.17) is 14.2 Å². The van der Waals surface area contributed by atoms with E-state index in [1.54, 1.807) is 0 Å². The lowest BCUT2D eigenvalue weighted by atomic mass is 9.98. The maximum atomic E-state index is 11.3. The Morgan fingerprint density at radius 2 is 2.03 bits per heavy atom. The standard InChI is InChI=1S/C27H33BrO5/c28-23-9-2-1-7-21(23)11-12-24(33-19-27(13-14-27)17-25(29)30)22-8-5-6-20(16-22)18-32-26-10-3-4-15-31-26/h1-2,5-9,16,24,26H,3-4,10-15,17-19H2,(H,29,30)/t24-,26?/m1/s1. The molecule has 0 amide bonds. The number of carboxylic acids is 1. The van der Waals surface area contributed by atoms with Crippen molar-refractivity contribution < 1.29 is 24.1 Å². The Hall–Kier alpha value is -1.73. The lowest BCUT2D eigenvalue weighted by Crippen LogP contribution is -2.22. The van der Waals surface area contributed by atoms with Crippen LogP contribution >= 0.6 is 15.9 Å².